The molecule has 2 rings (SSSR count). The Balaban J connectivity index is 2.99. The zero-order valence-electron chi connectivity index (χ0n) is 6.24. The summed E-state index contributed by atoms with van der Waals surface area (Å²) in [7, 11) is 2.37. The van der Waals surface area contributed by atoms with E-state index in [-0.39, 0.29) is 5.56 Å². The lowest BCUT2D eigenvalue weighted by molar-refractivity contribution is 1.24. The van der Waals surface area contributed by atoms with Gasteiger partial charge in [0.05, 0.1) is 10.9 Å². The third kappa shape index (κ3) is 1.12. The van der Waals surface area contributed by atoms with Crippen molar-refractivity contribution in [2.24, 2.45) is 0 Å². The Hall–Kier alpha value is -1.21. The first kappa shape index (κ1) is 7.44. The van der Waals surface area contributed by atoms with E-state index < -0.39 is 0 Å². The molecular weight excluding hydrogens is 171 g/mol. The fourth-order valence-electron chi connectivity index (χ4n) is 1.10. The largest absolute Gasteiger partial charge is 0.307 e. The smallest absolute Gasteiger partial charge is 0.259 e. The Labute approximate surface area is 71.0 Å². The lowest BCUT2D eigenvalue weighted by Crippen LogP contribution is -2.17. The minimum atomic E-state index is -0.0920. The first-order chi connectivity index (χ1) is 5.77. The number of rotatable bonds is 0. The molecule has 2 aromatic rings. The highest BCUT2D eigenvalue weighted by atomic mass is 31.0. The van der Waals surface area contributed by atoms with E-state index in [9.17, 15) is 4.79 Å². The van der Waals surface area contributed by atoms with Crippen molar-refractivity contribution in [1.82, 2.24) is 9.97 Å². The highest BCUT2D eigenvalue weighted by Crippen LogP contribution is 2.02. The van der Waals surface area contributed by atoms with Gasteiger partial charge in [-0.15, -0.1) is 0 Å². The fourth-order valence-corrected chi connectivity index (χ4v) is 1.37. The van der Waals surface area contributed by atoms with Crippen molar-refractivity contribution in [3.63, 3.8) is 0 Å². The van der Waals surface area contributed by atoms with Crippen molar-refractivity contribution in [3.05, 3.63) is 34.6 Å². The summed E-state index contributed by atoms with van der Waals surface area (Å²) < 4.78 is 0. The number of nitrogens with one attached hydrogen (secondary N) is 1. The Bertz CT molecular complexity index is 478. The van der Waals surface area contributed by atoms with Crippen LogP contribution in [0.15, 0.2) is 29.1 Å². The molecule has 60 valence electrons. The first-order valence-corrected chi connectivity index (χ1v) is 4.09. The van der Waals surface area contributed by atoms with Crippen molar-refractivity contribution in [2.75, 3.05) is 0 Å². The molecule has 0 radical (unpaired) electrons. The van der Waals surface area contributed by atoms with E-state index in [1.807, 2.05) is 18.2 Å². The van der Waals surface area contributed by atoms with Crippen molar-refractivity contribution in [3.8, 4) is 0 Å². The summed E-state index contributed by atoms with van der Waals surface area (Å²) >= 11 is 0. The van der Waals surface area contributed by atoms with Crippen LogP contribution in [0.25, 0.3) is 10.9 Å². The molecule has 0 fully saturated rings. The summed E-state index contributed by atoms with van der Waals surface area (Å²) in [6.07, 6.45) is 0. The maximum absolute atomic E-state index is 11.3. The molecule has 4 heteroatoms. The molecule has 3 nitrogen and oxygen atoms in total. The molecule has 0 aliphatic heterocycles. The molecule has 0 saturated carbocycles. The lowest BCUT2D eigenvalue weighted by atomic mass is 10.2. The average Bonchev–Trinajstić information content (AvgIpc) is 2.04. The van der Waals surface area contributed by atoms with E-state index >= 15 is 0 Å². The maximum atomic E-state index is 11.3. The number of aromatic amines is 1. The van der Waals surface area contributed by atoms with Gasteiger partial charge in [0, 0.05) is 0 Å². The third-order valence-electron chi connectivity index (χ3n) is 1.63. The minimum Gasteiger partial charge on any atom is -0.307 e. The molecule has 12 heavy (non-hydrogen) atoms. The molecule has 1 unspecified atom stereocenters. The number of hydrogen-bond donors (Lipinski definition) is 1. The Morgan fingerprint density at radius 2 is 2.08 bits per heavy atom. The molecule has 0 saturated heterocycles. The second-order valence-electron chi connectivity index (χ2n) is 2.47. The van der Waals surface area contributed by atoms with Gasteiger partial charge < -0.3 is 4.98 Å². The fraction of sp³-hybridized carbons (Fsp3) is 0. The molecule has 1 aromatic carbocycles. The summed E-state index contributed by atoms with van der Waals surface area (Å²) in [4.78, 5) is 18.0. The molecule has 0 spiro atoms. The van der Waals surface area contributed by atoms with E-state index in [2.05, 4.69) is 19.2 Å². The highest BCUT2D eigenvalue weighted by molar-refractivity contribution is 7.26. The van der Waals surface area contributed by atoms with Crippen LogP contribution in [0.4, 0.5) is 0 Å². The van der Waals surface area contributed by atoms with Crippen LogP contribution in [0, 0.1) is 0 Å². The van der Waals surface area contributed by atoms with Gasteiger partial charge in [-0.3, -0.25) is 4.79 Å². The van der Waals surface area contributed by atoms with E-state index in [0.29, 0.717) is 11.0 Å². The molecule has 0 amide bonds. The van der Waals surface area contributed by atoms with Gasteiger partial charge >= 0.3 is 0 Å². The standard InChI is InChI=1S/C8H7N2OP/c11-7-5-3-1-2-4-6(5)9-8(12)10-7/h1-4H,12H2,(H,9,10,11). The number of para-hydroxylation sites is 1. The van der Waals surface area contributed by atoms with Gasteiger partial charge in [-0.1, -0.05) is 21.4 Å². The number of hydrogen-bond acceptors (Lipinski definition) is 2. The van der Waals surface area contributed by atoms with Gasteiger partial charge in [0.15, 0.2) is 0 Å². The van der Waals surface area contributed by atoms with Crippen LogP contribution in [-0.4, -0.2) is 9.97 Å². The van der Waals surface area contributed by atoms with Crippen LogP contribution in [0.5, 0.6) is 0 Å². The Kier molecular flexibility index (Phi) is 1.66. The number of H-pyrrole nitrogens is 1. The molecular formula is C8H7N2OP. The van der Waals surface area contributed by atoms with E-state index in [0.717, 1.165) is 5.52 Å². The average molecular weight is 178 g/mol. The summed E-state index contributed by atoms with van der Waals surface area (Å²) in [6.45, 7) is 0. The predicted molar refractivity (Wildman–Crippen MR) is 51.7 cm³/mol. The second kappa shape index (κ2) is 2.68. The molecule has 0 aliphatic rings. The van der Waals surface area contributed by atoms with Gasteiger partial charge in [0.25, 0.3) is 5.56 Å². The van der Waals surface area contributed by atoms with E-state index in [4.69, 9.17) is 0 Å². The van der Waals surface area contributed by atoms with Gasteiger partial charge in [-0.2, -0.15) is 0 Å². The first-order valence-electron chi connectivity index (χ1n) is 3.52. The van der Waals surface area contributed by atoms with Gasteiger partial charge in [-0.05, 0) is 12.1 Å². The van der Waals surface area contributed by atoms with E-state index in [1.165, 1.54) is 0 Å². The van der Waals surface area contributed by atoms with Crippen LogP contribution in [0.2, 0.25) is 0 Å². The van der Waals surface area contributed by atoms with Gasteiger partial charge in [0.2, 0.25) is 0 Å². The molecule has 1 aromatic heterocycles. The van der Waals surface area contributed by atoms with Crippen LogP contribution >= 0.6 is 9.24 Å². The molecule has 0 bridgehead atoms. The quantitative estimate of drug-likeness (QED) is 0.594. The van der Waals surface area contributed by atoms with Gasteiger partial charge in [0.1, 0.15) is 5.57 Å². The summed E-state index contributed by atoms with van der Waals surface area (Å²) in [5.74, 6) is 0. The lowest BCUT2D eigenvalue weighted by Gasteiger charge is -1.95. The van der Waals surface area contributed by atoms with Gasteiger partial charge in [-0.25, -0.2) is 4.98 Å². The zero-order valence-corrected chi connectivity index (χ0v) is 7.40. The summed E-state index contributed by atoms with van der Waals surface area (Å²) in [6, 6.07) is 7.25. The second-order valence-corrected chi connectivity index (χ2v) is 3.02. The van der Waals surface area contributed by atoms with Crippen molar-refractivity contribution < 1.29 is 0 Å². The molecule has 1 N–H and O–H groups in total. The van der Waals surface area contributed by atoms with Crippen LogP contribution < -0.4 is 11.1 Å². The van der Waals surface area contributed by atoms with E-state index in [1.54, 1.807) is 6.07 Å². The molecule has 1 atom stereocenters. The third-order valence-corrected chi connectivity index (χ3v) is 1.90. The van der Waals surface area contributed by atoms with Crippen molar-refractivity contribution in [2.45, 2.75) is 0 Å². The SMILES string of the molecule is O=c1[nH]c(P)nc2ccccc12. The van der Waals surface area contributed by atoms with Crippen molar-refractivity contribution >= 4 is 25.7 Å². The van der Waals surface area contributed by atoms with Crippen LogP contribution in [-0.2, 0) is 0 Å². The highest BCUT2D eigenvalue weighted by Gasteiger charge is 1.97. The summed E-state index contributed by atoms with van der Waals surface area (Å²) in [5.41, 5.74) is 1.20. The Morgan fingerprint density at radius 3 is 2.92 bits per heavy atom. The zero-order chi connectivity index (χ0) is 8.55. The minimum absolute atomic E-state index is 0.0920. The predicted octanol–water partition coefficient (Wildman–Crippen LogP) is 0.423. The van der Waals surface area contributed by atoms with Crippen LogP contribution in [0.1, 0.15) is 0 Å². The number of fused-ring (bicyclic) bond motifs is 1. The molecule has 1 heterocycles. The maximum Gasteiger partial charge on any atom is 0.259 e. The topological polar surface area (TPSA) is 45.8 Å². The Morgan fingerprint density at radius 1 is 1.33 bits per heavy atom. The molecule has 0 aliphatic carbocycles. The normalized spacial score (nSPS) is 10.4. The van der Waals surface area contributed by atoms with Crippen molar-refractivity contribution in [1.29, 1.82) is 0 Å². The summed E-state index contributed by atoms with van der Waals surface area (Å²) in [5, 5.41) is 0.628. The van der Waals surface area contributed by atoms with Crippen LogP contribution in [0.3, 0.4) is 0 Å². The monoisotopic (exact) mass is 178 g/mol. The number of benzene rings is 1. The number of nitrogens with zero attached hydrogens (tertiary/aromatic N) is 1. The number of aromatic nitrogens is 2.